The van der Waals surface area contributed by atoms with Gasteiger partial charge in [-0.1, -0.05) is 12.1 Å². The highest BCUT2D eigenvalue weighted by Crippen LogP contribution is 2.25. The van der Waals surface area contributed by atoms with Crippen LogP contribution in [0.4, 0.5) is 4.39 Å². The van der Waals surface area contributed by atoms with Gasteiger partial charge in [0.25, 0.3) is 0 Å². The first-order valence-electron chi connectivity index (χ1n) is 8.93. The van der Waals surface area contributed by atoms with Crippen molar-refractivity contribution in [3.63, 3.8) is 0 Å². The number of piperazine rings is 1. The summed E-state index contributed by atoms with van der Waals surface area (Å²) >= 11 is 0. The first-order chi connectivity index (χ1) is 12.8. The molecule has 1 aliphatic heterocycles. The molecule has 0 unspecified atom stereocenters. The Morgan fingerprint density at radius 3 is 2.41 bits per heavy atom. The summed E-state index contributed by atoms with van der Waals surface area (Å²) in [6.07, 6.45) is 0. The Balaban J connectivity index is 1.70. The van der Waals surface area contributed by atoms with E-state index in [0.717, 1.165) is 16.7 Å². The van der Waals surface area contributed by atoms with Crippen molar-refractivity contribution < 1.29 is 17.5 Å². The van der Waals surface area contributed by atoms with Gasteiger partial charge in [0, 0.05) is 38.3 Å². The fraction of sp³-hybridized carbons (Fsp3) is 0.400. The molecule has 0 aromatic heterocycles. The number of aryl methyl sites for hydroxylation is 2. The van der Waals surface area contributed by atoms with Crippen LogP contribution in [0, 0.1) is 19.7 Å². The second-order valence-corrected chi connectivity index (χ2v) is 8.81. The molecule has 5 nitrogen and oxygen atoms in total. The minimum atomic E-state index is -3.51. The summed E-state index contributed by atoms with van der Waals surface area (Å²) in [5.41, 5.74) is 2.45. The summed E-state index contributed by atoms with van der Waals surface area (Å²) in [6, 6.07) is 9.95. The van der Waals surface area contributed by atoms with Crippen LogP contribution in [0.2, 0.25) is 0 Å². The molecule has 146 valence electrons. The van der Waals surface area contributed by atoms with Gasteiger partial charge < -0.3 is 4.74 Å². The van der Waals surface area contributed by atoms with Gasteiger partial charge in [-0.3, -0.25) is 4.90 Å². The number of benzene rings is 2. The number of sulfonamides is 1. The van der Waals surface area contributed by atoms with Gasteiger partial charge in [-0.05, 0) is 49.2 Å². The maximum Gasteiger partial charge on any atom is 0.243 e. The van der Waals surface area contributed by atoms with Crippen molar-refractivity contribution in [2.24, 2.45) is 0 Å². The molecule has 0 aliphatic carbocycles. The highest BCUT2D eigenvalue weighted by atomic mass is 32.2. The van der Waals surface area contributed by atoms with Gasteiger partial charge in [0.2, 0.25) is 10.0 Å². The molecule has 2 aromatic rings. The van der Waals surface area contributed by atoms with Crippen LogP contribution in [0.1, 0.15) is 16.7 Å². The van der Waals surface area contributed by atoms with Crippen molar-refractivity contribution >= 4 is 10.0 Å². The number of methoxy groups -OCH3 is 1. The third kappa shape index (κ3) is 4.31. The average Bonchev–Trinajstić information content (AvgIpc) is 2.64. The molecule has 0 atom stereocenters. The third-order valence-corrected chi connectivity index (χ3v) is 6.97. The summed E-state index contributed by atoms with van der Waals surface area (Å²) in [6.45, 7) is 6.23. The van der Waals surface area contributed by atoms with E-state index in [1.807, 2.05) is 26.0 Å². The molecule has 0 bridgehead atoms. The molecule has 3 rings (SSSR count). The normalized spacial score (nSPS) is 16.4. The molecular weight excluding hydrogens is 367 g/mol. The minimum Gasteiger partial charge on any atom is -0.496 e. The fourth-order valence-electron chi connectivity index (χ4n) is 3.36. The molecule has 0 spiro atoms. The third-order valence-electron chi connectivity index (χ3n) is 4.93. The predicted octanol–water partition coefficient (Wildman–Crippen LogP) is 2.96. The Bertz CT molecular complexity index is 923. The van der Waals surface area contributed by atoms with E-state index in [4.69, 9.17) is 4.74 Å². The molecule has 0 N–H and O–H groups in total. The van der Waals surface area contributed by atoms with Gasteiger partial charge in [0.1, 0.15) is 11.6 Å². The number of nitrogens with zero attached hydrogens (tertiary/aromatic N) is 2. The Hall–Kier alpha value is -1.96. The first kappa shape index (κ1) is 19.8. The zero-order valence-corrected chi connectivity index (χ0v) is 16.7. The number of hydrogen-bond donors (Lipinski definition) is 0. The molecule has 1 heterocycles. The van der Waals surface area contributed by atoms with Gasteiger partial charge in [0.05, 0.1) is 12.0 Å². The number of hydrogen-bond acceptors (Lipinski definition) is 4. The maximum atomic E-state index is 13.6. The fourth-order valence-corrected chi connectivity index (χ4v) is 5.10. The lowest BCUT2D eigenvalue weighted by atomic mass is 10.1. The summed E-state index contributed by atoms with van der Waals surface area (Å²) in [4.78, 5) is 2.50. The number of rotatable bonds is 5. The highest BCUT2D eigenvalue weighted by molar-refractivity contribution is 7.89. The Kier molecular flexibility index (Phi) is 5.83. The van der Waals surface area contributed by atoms with E-state index >= 15 is 0 Å². The number of halogens is 1. The zero-order valence-electron chi connectivity index (χ0n) is 15.9. The average molecular weight is 392 g/mol. The molecule has 7 heteroatoms. The Morgan fingerprint density at radius 2 is 1.74 bits per heavy atom. The first-order valence-corrected chi connectivity index (χ1v) is 10.4. The van der Waals surface area contributed by atoms with Crippen molar-refractivity contribution in [2.75, 3.05) is 33.3 Å². The molecule has 2 aromatic carbocycles. The molecule has 1 aliphatic rings. The quantitative estimate of drug-likeness (QED) is 0.785. The lowest BCUT2D eigenvalue weighted by Crippen LogP contribution is -2.48. The van der Waals surface area contributed by atoms with Crippen molar-refractivity contribution in [3.8, 4) is 5.75 Å². The standard InChI is InChI=1S/C20H25FN2O3S/c1-15-4-5-16(2)20(12-15)27(24,25)23-10-8-22(9-11-23)14-17-13-18(21)6-7-19(17)26-3/h4-7,12-13H,8-11,14H2,1-3H3. The predicted molar refractivity (Wildman–Crippen MR) is 103 cm³/mol. The van der Waals surface area contributed by atoms with Gasteiger partial charge in [-0.2, -0.15) is 4.31 Å². The van der Waals surface area contributed by atoms with Crippen molar-refractivity contribution in [3.05, 3.63) is 58.9 Å². The number of ether oxygens (including phenoxy) is 1. The van der Waals surface area contributed by atoms with Crippen LogP contribution in [0.5, 0.6) is 5.75 Å². The van der Waals surface area contributed by atoms with Crippen molar-refractivity contribution in [1.29, 1.82) is 0 Å². The largest absolute Gasteiger partial charge is 0.496 e. The van der Waals surface area contributed by atoms with E-state index in [1.54, 1.807) is 19.2 Å². The molecule has 1 fully saturated rings. The summed E-state index contributed by atoms with van der Waals surface area (Å²) in [7, 11) is -1.95. The van der Waals surface area contributed by atoms with Crippen LogP contribution in [-0.2, 0) is 16.6 Å². The van der Waals surface area contributed by atoms with Crippen molar-refractivity contribution in [1.82, 2.24) is 9.21 Å². The molecule has 0 radical (unpaired) electrons. The van der Waals surface area contributed by atoms with Gasteiger partial charge in [0.15, 0.2) is 0 Å². The van der Waals surface area contributed by atoms with Crippen LogP contribution < -0.4 is 4.74 Å². The Morgan fingerprint density at radius 1 is 1.04 bits per heavy atom. The lowest BCUT2D eigenvalue weighted by molar-refractivity contribution is 0.180. The van der Waals surface area contributed by atoms with E-state index in [9.17, 15) is 12.8 Å². The van der Waals surface area contributed by atoms with E-state index in [1.165, 1.54) is 16.4 Å². The smallest absolute Gasteiger partial charge is 0.243 e. The van der Waals surface area contributed by atoms with Crippen LogP contribution in [-0.4, -0.2) is 50.9 Å². The molecule has 0 saturated carbocycles. The topological polar surface area (TPSA) is 49.9 Å². The van der Waals surface area contributed by atoms with Gasteiger partial charge in [-0.25, -0.2) is 12.8 Å². The zero-order chi connectivity index (χ0) is 19.6. The van der Waals surface area contributed by atoms with Crippen LogP contribution in [0.3, 0.4) is 0 Å². The van der Waals surface area contributed by atoms with Gasteiger partial charge >= 0.3 is 0 Å². The van der Waals surface area contributed by atoms with E-state index in [-0.39, 0.29) is 5.82 Å². The van der Waals surface area contributed by atoms with Crippen LogP contribution >= 0.6 is 0 Å². The maximum absolute atomic E-state index is 13.6. The van der Waals surface area contributed by atoms with Crippen molar-refractivity contribution in [2.45, 2.75) is 25.3 Å². The molecule has 1 saturated heterocycles. The molecule has 0 amide bonds. The summed E-state index contributed by atoms with van der Waals surface area (Å²) in [5.74, 6) is 0.337. The highest BCUT2D eigenvalue weighted by Gasteiger charge is 2.29. The Labute approximate surface area is 160 Å². The second-order valence-electron chi connectivity index (χ2n) is 6.91. The lowest BCUT2D eigenvalue weighted by Gasteiger charge is -2.34. The van der Waals surface area contributed by atoms with E-state index in [2.05, 4.69) is 4.90 Å². The summed E-state index contributed by atoms with van der Waals surface area (Å²) < 4.78 is 46.4. The minimum absolute atomic E-state index is 0.304. The second kappa shape index (κ2) is 7.96. The van der Waals surface area contributed by atoms with Crippen LogP contribution in [0.15, 0.2) is 41.3 Å². The monoisotopic (exact) mass is 392 g/mol. The van der Waals surface area contributed by atoms with Gasteiger partial charge in [-0.15, -0.1) is 0 Å². The van der Waals surface area contributed by atoms with E-state index < -0.39 is 10.0 Å². The van der Waals surface area contributed by atoms with E-state index in [0.29, 0.717) is 43.4 Å². The van der Waals surface area contributed by atoms with Crippen LogP contribution in [0.25, 0.3) is 0 Å². The summed E-state index contributed by atoms with van der Waals surface area (Å²) in [5, 5.41) is 0. The molecule has 27 heavy (non-hydrogen) atoms. The SMILES string of the molecule is COc1ccc(F)cc1CN1CCN(S(=O)(=O)c2cc(C)ccc2C)CC1. The molecular formula is C20H25FN2O3S.